The average molecular weight is 363 g/mol. The molecule has 1 N–H and O–H groups in total. The number of nitrogens with zero attached hydrogens (tertiary/aromatic N) is 5. The third-order valence-corrected chi connectivity index (χ3v) is 4.11. The summed E-state index contributed by atoms with van der Waals surface area (Å²) in [5, 5.41) is 25.0. The van der Waals surface area contributed by atoms with Crippen molar-refractivity contribution in [1.29, 1.82) is 5.26 Å². The van der Waals surface area contributed by atoms with Crippen molar-refractivity contribution in [3.05, 3.63) is 59.4 Å². The minimum Gasteiger partial charge on any atom is -0.493 e. The normalized spacial score (nSPS) is 10.4. The summed E-state index contributed by atoms with van der Waals surface area (Å²) >= 11 is 0. The largest absolute Gasteiger partial charge is 0.493 e. The highest BCUT2D eigenvalue weighted by atomic mass is 16.7. The van der Waals surface area contributed by atoms with Crippen molar-refractivity contribution in [2.75, 3.05) is 14.2 Å². The number of hydrogen-bond acceptors (Lipinski definition) is 6. The molecular formula is C19H17N5O3. The van der Waals surface area contributed by atoms with Gasteiger partial charge >= 0.3 is 0 Å². The Morgan fingerprint density at radius 2 is 1.96 bits per heavy atom. The number of nitriles is 1. The van der Waals surface area contributed by atoms with Crippen LogP contribution >= 0.6 is 0 Å². The minimum absolute atomic E-state index is 0.0715. The number of hydrogen-bond donors (Lipinski definition) is 1. The van der Waals surface area contributed by atoms with E-state index in [4.69, 9.17) is 10.1 Å². The number of amides is 1. The van der Waals surface area contributed by atoms with E-state index < -0.39 is 0 Å². The van der Waals surface area contributed by atoms with Crippen LogP contribution in [0.15, 0.2) is 42.6 Å². The van der Waals surface area contributed by atoms with Crippen LogP contribution in [0.2, 0.25) is 0 Å². The van der Waals surface area contributed by atoms with Crippen LogP contribution in [0.25, 0.3) is 16.9 Å². The van der Waals surface area contributed by atoms with Gasteiger partial charge in [-0.05, 0) is 36.8 Å². The van der Waals surface area contributed by atoms with Crippen LogP contribution in [-0.4, -0.2) is 45.0 Å². The van der Waals surface area contributed by atoms with Gasteiger partial charge in [-0.25, -0.2) is 10.0 Å². The third kappa shape index (κ3) is 3.36. The molecular weight excluding hydrogens is 346 g/mol. The minimum atomic E-state index is -0.337. The monoisotopic (exact) mass is 363 g/mol. The van der Waals surface area contributed by atoms with Crippen molar-refractivity contribution >= 4 is 5.91 Å². The maximum absolute atomic E-state index is 12.1. The first-order valence-electron chi connectivity index (χ1n) is 8.04. The van der Waals surface area contributed by atoms with E-state index in [9.17, 15) is 9.90 Å². The summed E-state index contributed by atoms with van der Waals surface area (Å²) in [6, 6.07) is 12.1. The van der Waals surface area contributed by atoms with Crippen LogP contribution in [-0.2, 0) is 4.84 Å². The Morgan fingerprint density at radius 3 is 2.52 bits per heavy atom. The van der Waals surface area contributed by atoms with E-state index in [0.717, 1.165) is 10.6 Å². The highest BCUT2D eigenvalue weighted by Gasteiger charge is 2.19. The Labute approximate surface area is 155 Å². The first kappa shape index (κ1) is 18.1. The van der Waals surface area contributed by atoms with Crippen molar-refractivity contribution in [1.82, 2.24) is 19.8 Å². The number of pyridine rings is 1. The third-order valence-electron chi connectivity index (χ3n) is 4.11. The number of carbonyl (C=O) groups excluding carboxylic acids is 1. The topological polar surface area (TPSA) is 104 Å². The molecule has 0 radical (unpaired) electrons. The molecule has 1 aromatic carbocycles. The smallest absolute Gasteiger partial charge is 0.278 e. The lowest BCUT2D eigenvalue weighted by Gasteiger charge is -2.13. The second-order valence-electron chi connectivity index (χ2n) is 5.78. The molecule has 8 heteroatoms. The lowest BCUT2D eigenvalue weighted by atomic mass is 10.0. The Hall–Kier alpha value is -3.70. The van der Waals surface area contributed by atoms with Crippen LogP contribution in [0, 0.1) is 18.3 Å². The first-order valence-corrected chi connectivity index (χ1v) is 8.04. The van der Waals surface area contributed by atoms with Crippen LogP contribution < -0.4 is 0 Å². The number of hydroxylamine groups is 2. The summed E-state index contributed by atoms with van der Waals surface area (Å²) in [5.41, 5.74) is 2.78. The number of aromatic nitrogens is 3. The van der Waals surface area contributed by atoms with Crippen molar-refractivity contribution in [3.63, 3.8) is 0 Å². The average Bonchev–Trinajstić information content (AvgIpc) is 3.01. The van der Waals surface area contributed by atoms with Gasteiger partial charge < -0.3 is 5.11 Å². The van der Waals surface area contributed by atoms with Gasteiger partial charge in [0.15, 0.2) is 5.82 Å². The van der Waals surface area contributed by atoms with E-state index in [2.05, 4.69) is 16.2 Å². The number of rotatable bonds is 4. The summed E-state index contributed by atoms with van der Waals surface area (Å²) in [7, 11) is 2.90. The summed E-state index contributed by atoms with van der Waals surface area (Å²) in [4.78, 5) is 21.1. The molecule has 0 aliphatic heterocycles. The van der Waals surface area contributed by atoms with Gasteiger partial charge in [-0.3, -0.25) is 9.63 Å². The zero-order valence-corrected chi connectivity index (χ0v) is 15.0. The van der Waals surface area contributed by atoms with Gasteiger partial charge in [0.1, 0.15) is 0 Å². The number of benzene rings is 1. The molecule has 2 heterocycles. The van der Waals surface area contributed by atoms with Crippen molar-refractivity contribution in [3.8, 4) is 28.9 Å². The SMILES string of the molecule is CON(C)C(=O)c1ccc(-n2nc(C)c(-c3ccc(C#N)cc3)c2O)nc1. The Bertz CT molecular complexity index is 1020. The second-order valence-corrected chi connectivity index (χ2v) is 5.78. The van der Waals surface area contributed by atoms with Crippen LogP contribution in [0.1, 0.15) is 21.6 Å². The zero-order valence-electron chi connectivity index (χ0n) is 15.0. The molecule has 0 atom stereocenters. The molecule has 0 saturated heterocycles. The molecule has 0 aliphatic rings. The fraction of sp³-hybridized carbons (Fsp3) is 0.158. The van der Waals surface area contributed by atoms with E-state index in [1.807, 2.05) is 0 Å². The lowest BCUT2D eigenvalue weighted by molar-refractivity contribution is -0.0757. The zero-order chi connectivity index (χ0) is 19.6. The Morgan fingerprint density at radius 1 is 1.26 bits per heavy atom. The van der Waals surface area contributed by atoms with E-state index in [1.165, 1.54) is 25.0 Å². The summed E-state index contributed by atoms with van der Waals surface area (Å²) in [5.74, 6) is -0.0411. The molecule has 0 bridgehead atoms. The fourth-order valence-electron chi connectivity index (χ4n) is 2.63. The highest BCUT2D eigenvalue weighted by Crippen LogP contribution is 2.33. The van der Waals surface area contributed by atoms with Gasteiger partial charge in [-0.2, -0.15) is 15.0 Å². The fourth-order valence-corrected chi connectivity index (χ4v) is 2.63. The Kier molecular flexibility index (Phi) is 4.88. The maximum atomic E-state index is 12.1. The van der Waals surface area contributed by atoms with E-state index in [1.54, 1.807) is 43.3 Å². The van der Waals surface area contributed by atoms with Crippen LogP contribution in [0.5, 0.6) is 5.88 Å². The molecule has 0 spiro atoms. The van der Waals surface area contributed by atoms with Gasteiger partial charge in [-0.1, -0.05) is 12.1 Å². The standard InChI is InChI=1S/C19H17N5O3/c1-12-17(14-6-4-13(10-20)5-7-14)19(26)24(22-12)16-9-8-15(11-21-16)18(25)23(2)27-3/h4-9,11,26H,1-3H3. The first-order chi connectivity index (χ1) is 13.0. The molecule has 0 aliphatic carbocycles. The molecule has 3 rings (SSSR count). The van der Waals surface area contributed by atoms with Crippen LogP contribution in [0.4, 0.5) is 0 Å². The molecule has 2 aromatic heterocycles. The molecule has 27 heavy (non-hydrogen) atoms. The number of aromatic hydroxyl groups is 1. The van der Waals surface area contributed by atoms with Gasteiger partial charge in [0.05, 0.1) is 35.6 Å². The van der Waals surface area contributed by atoms with Crippen LogP contribution in [0.3, 0.4) is 0 Å². The highest BCUT2D eigenvalue weighted by molar-refractivity contribution is 5.93. The molecule has 0 unspecified atom stereocenters. The Balaban J connectivity index is 1.96. The van der Waals surface area contributed by atoms with Crippen molar-refractivity contribution in [2.45, 2.75) is 6.92 Å². The molecule has 3 aromatic rings. The molecule has 8 nitrogen and oxygen atoms in total. The van der Waals surface area contributed by atoms with E-state index >= 15 is 0 Å². The quantitative estimate of drug-likeness (QED) is 0.714. The van der Waals surface area contributed by atoms with Crippen molar-refractivity contribution < 1.29 is 14.7 Å². The number of aryl methyl sites for hydroxylation is 1. The van der Waals surface area contributed by atoms with Gasteiger partial charge in [0, 0.05) is 13.2 Å². The number of carbonyl (C=O) groups is 1. The predicted octanol–water partition coefficient (Wildman–Crippen LogP) is 2.45. The predicted molar refractivity (Wildman–Crippen MR) is 97.0 cm³/mol. The van der Waals surface area contributed by atoms with Gasteiger partial charge in [0.25, 0.3) is 5.91 Å². The maximum Gasteiger partial charge on any atom is 0.278 e. The van der Waals surface area contributed by atoms with E-state index in [0.29, 0.717) is 28.2 Å². The summed E-state index contributed by atoms with van der Waals surface area (Å²) in [6.45, 7) is 1.77. The summed E-state index contributed by atoms with van der Waals surface area (Å²) < 4.78 is 1.30. The lowest BCUT2D eigenvalue weighted by Crippen LogP contribution is -2.25. The van der Waals surface area contributed by atoms with Gasteiger partial charge in [0.2, 0.25) is 5.88 Å². The molecule has 136 valence electrons. The van der Waals surface area contributed by atoms with Crippen molar-refractivity contribution in [2.24, 2.45) is 0 Å². The molecule has 1 amide bonds. The van der Waals surface area contributed by atoms with E-state index in [-0.39, 0.29) is 11.8 Å². The molecule has 0 fully saturated rings. The molecule has 0 saturated carbocycles. The summed E-state index contributed by atoms with van der Waals surface area (Å²) in [6.07, 6.45) is 1.39. The second kappa shape index (κ2) is 7.27. The van der Waals surface area contributed by atoms with Gasteiger partial charge in [-0.15, -0.1) is 0 Å².